The van der Waals surface area contributed by atoms with E-state index in [4.69, 9.17) is 16.3 Å². The highest BCUT2D eigenvalue weighted by Gasteiger charge is 2.34. The Bertz CT molecular complexity index is 616. The Morgan fingerprint density at radius 3 is 2.55 bits per heavy atom. The lowest BCUT2D eigenvalue weighted by Gasteiger charge is -2.10. The molecule has 0 atom stereocenters. The monoisotopic (exact) mass is 305 g/mol. The molecule has 0 saturated heterocycles. The van der Waals surface area contributed by atoms with Gasteiger partial charge in [-0.25, -0.2) is 9.37 Å². The third-order valence-electron chi connectivity index (χ3n) is 2.38. The largest absolute Gasteiger partial charge is 0.439 e. The molecule has 0 fully saturated rings. The first kappa shape index (κ1) is 14.6. The first-order valence-corrected chi connectivity index (χ1v) is 6.00. The molecular weight excluding hydrogens is 298 g/mol. The number of pyridine rings is 1. The van der Waals surface area contributed by atoms with Crippen LogP contribution in [0.25, 0.3) is 0 Å². The molecule has 0 aliphatic heterocycles. The number of hydrogen-bond acceptors (Lipinski definition) is 2. The van der Waals surface area contributed by atoms with E-state index in [0.717, 1.165) is 6.07 Å². The molecule has 0 amide bonds. The minimum absolute atomic E-state index is 0.0860. The normalized spacial score (nSPS) is 11.4. The summed E-state index contributed by atoms with van der Waals surface area (Å²) in [6, 6.07) is 7.10. The Kier molecular flexibility index (Phi) is 4.13. The van der Waals surface area contributed by atoms with Gasteiger partial charge in [0.15, 0.2) is 0 Å². The number of halogens is 5. The van der Waals surface area contributed by atoms with Crippen LogP contribution in [0.4, 0.5) is 17.6 Å². The molecule has 0 aliphatic carbocycles. The molecule has 0 unspecified atom stereocenters. The zero-order valence-electron chi connectivity index (χ0n) is 9.92. The van der Waals surface area contributed by atoms with Crippen molar-refractivity contribution in [2.24, 2.45) is 0 Å². The Morgan fingerprint density at radius 1 is 1.15 bits per heavy atom. The molecule has 7 heteroatoms. The van der Waals surface area contributed by atoms with Crippen LogP contribution in [0.1, 0.15) is 11.3 Å². The van der Waals surface area contributed by atoms with Gasteiger partial charge in [0.1, 0.15) is 11.6 Å². The van der Waals surface area contributed by atoms with Crippen LogP contribution in [0.15, 0.2) is 36.4 Å². The summed E-state index contributed by atoms with van der Waals surface area (Å²) in [4.78, 5) is 3.97. The maximum absolute atomic E-state index is 13.1. The van der Waals surface area contributed by atoms with Crippen LogP contribution in [0.5, 0.6) is 11.6 Å². The van der Waals surface area contributed by atoms with Crippen molar-refractivity contribution < 1.29 is 22.3 Å². The van der Waals surface area contributed by atoms with Gasteiger partial charge in [-0.15, -0.1) is 11.6 Å². The molecule has 0 aliphatic rings. The van der Waals surface area contributed by atoms with Crippen molar-refractivity contribution in [3.8, 4) is 11.6 Å². The van der Waals surface area contributed by atoms with E-state index in [9.17, 15) is 17.6 Å². The zero-order chi connectivity index (χ0) is 14.8. The quantitative estimate of drug-likeness (QED) is 0.602. The van der Waals surface area contributed by atoms with Crippen molar-refractivity contribution >= 4 is 11.6 Å². The second-order valence-electron chi connectivity index (χ2n) is 3.84. The zero-order valence-corrected chi connectivity index (χ0v) is 10.7. The number of alkyl halides is 4. The molecule has 0 radical (unpaired) electrons. The minimum atomic E-state index is -4.78. The Morgan fingerprint density at radius 2 is 1.90 bits per heavy atom. The number of rotatable bonds is 3. The second-order valence-corrected chi connectivity index (χ2v) is 4.11. The predicted molar refractivity (Wildman–Crippen MR) is 65.3 cm³/mol. The van der Waals surface area contributed by atoms with E-state index < -0.39 is 17.6 Å². The summed E-state index contributed by atoms with van der Waals surface area (Å²) in [5, 5.41) is 0. The highest BCUT2D eigenvalue weighted by molar-refractivity contribution is 6.16. The SMILES string of the molecule is Fc1ccc(Oc2cccc(CCl)n2)cc1C(F)(F)F. The summed E-state index contributed by atoms with van der Waals surface area (Å²) in [7, 11) is 0. The van der Waals surface area contributed by atoms with E-state index in [1.54, 1.807) is 12.1 Å². The van der Waals surface area contributed by atoms with Gasteiger partial charge in [-0.1, -0.05) is 6.07 Å². The number of ether oxygens (including phenoxy) is 1. The highest BCUT2D eigenvalue weighted by Crippen LogP contribution is 2.34. The Hall–Kier alpha value is -1.82. The third-order valence-corrected chi connectivity index (χ3v) is 2.66. The predicted octanol–water partition coefficient (Wildman–Crippen LogP) is 4.77. The molecule has 106 valence electrons. The first-order chi connectivity index (χ1) is 9.40. The van der Waals surface area contributed by atoms with Gasteiger partial charge in [0, 0.05) is 6.07 Å². The summed E-state index contributed by atoms with van der Waals surface area (Å²) < 4.78 is 56.0. The van der Waals surface area contributed by atoms with Gasteiger partial charge >= 0.3 is 6.18 Å². The van der Waals surface area contributed by atoms with Crippen LogP contribution in [0.3, 0.4) is 0 Å². The molecule has 0 bridgehead atoms. The fourth-order valence-electron chi connectivity index (χ4n) is 1.49. The van der Waals surface area contributed by atoms with Crippen molar-refractivity contribution in [2.45, 2.75) is 12.1 Å². The van der Waals surface area contributed by atoms with Crippen LogP contribution in [0, 0.1) is 5.82 Å². The van der Waals surface area contributed by atoms with E-state index in [2.05, 4.69) is 4.98 Å². The first-order valence-electron chi connectivity index (χ1n) is 5.46. The summed E-state index contributed by atoms with van der Waals surface area (Å²) >= 11 is 5.59. The standard InChI is InChI=1S/C13H8ClF4NO/c14-7-8-2-1-3-12(19-8)20-9-4-5-11(15)10(6-9)13(16,17)18/h1-6H,7H2. The lowest BCUT2D eigenvalue weighted by Crippen LogP contribution is -2.08. The number of nitrogens with zero attached hydrogens (tertiary/aromatic N) is 1. The highest BCUT2D eigenvalue weighted by atomic mass is 35.5. The molecule has 2 nitrogen and oxygen atoms in total. The summed E-state index contributed by atoms with van der Waals surface area (Å²) in [6.07, 6.45) is -4.78. The van der Waals surface area contributed by atoms with Gasteiger partial charge in [0.05, 0.1) is 17.1 Å². The second kappa shape index (κ2) is 5.66. The van der Waals surface area contributed by atoms with Gasteiger partial charge in [-0.3, -0.25) is 0 Å². The van der Waals surface area contributed by atoms with Crippen LogP contribution in [-0.4, -0.2) is 4.98 Å². The lowest BCUT2D eigenvalue weighted by atomic mass is 10.2. The van der Waals surface area contributed by atoms with E-state index >= 15 is 0 Å². The topological polar surface area (TPSA) is 22.1 Å². The average Bonchev–Trinajstić information content (AvgIpc) is 2.40. The van der Waals surface area contributed by atoms with Crippen LogP contribution in [0.2, 0.25) is 0 Å². The molecular formula is C13H8ClF4NO. The maximum atomic E-state index is 13.1. The molecule has 2 aromatic rings. The van der Waals surface area contributed by atoms with Gasteiger partial charge in [0.25, 0.3) is 0 Å². The van der Waals surface area contributed by atoms with E-state index in [0.29, 0.717) is 17.8 Å². The molecule has 0 spiro atoms. The van der Waals surface area contributed by atoms with Gasteiger partial charge in [-0.05, 0) is 24.3 Å². The summed E-state index contributed by atoms with van der Waals surface area (Å²) in [6.45, 7) is 0. The fraction of sp³-hybridized carbons (Fsp3) is 0.154. The molecule has 2 rings (SSSR count). The smallest absolute Gasteiger partial charge is 0.419 e. The van der Waals surface area contributed by atoms with E-state index in [1.165, 1.54) is 6.07 Å². The van der Waals surface area contributed by atoms with Gasteiger partial charge in [0.2, 0.25) is 5.88 Å². The van der Waals surface area contributed by atoms with Crippen molar-refractivity contribution in [1.82, 2.24) is 4.98 Å². The molecule has 1 heterocycles. The third kappa shape index (κ3) is 3.39. The lowest BCUT2D eigenvalue weighted by molar-refractivity contribution is -0.140. The molecule has 1 aromatic carbocycles. The maximum Gasteiger partial charge on any atom is 0.419 e. The molecule has 0 N–H and O–H groups in total. The minimum Gasteiger partial charge on any atom is -0.439 e. The van der Waals surface area contributed by atoms with Crippen molar-refractivity contribution in [3.63, 3.8) is 0 Å². The molecule has 0 saturated carbocycles. The number of aromatic nitrogens is 1. The fourth-order valence-corrected chi connectivity index (χ4v) is 1.64. The molecule has 1 aromatic heterocycles. The van der Waals surface area contributed by atoms with Gasteiger partial charge < -0.3 is 4.74 Å². The van der Waals surface area contributed by atoms with Crippen molar-refractivity contribution in [2.75, 3.05) is 0 Å². The van der Waals surface area contributed by atoms with E-state index in [-0.39, 0.29) is 17.5 Å². The van der Waals surface area contributed by atoms with E-state index in [1.807, 2.05) is 0 Å². The summed E-state index contributed by atoms with van der Waals surface area (Å²) in [5.74, 6) is -1.28. The van der Waals surface area contributed by atoms with Crippen LogP contribution >= 0.6 is 11.6 Å². The summed E-state index contributed by atoms with van der Waals surface area (Å²) in [5.41, 5.74) is -0.870. The number of benzene rings is 1. The number of hydrogen-bond donors (Lipinski definition) is 0. The van der Waals surface area contributed by atoms with Crippen LogP contribution in [-0.2, 0) is 12.1 Å². The average molecular weight is 306 g/mol. The Labute approximate surface area is 117 Å². The van der Waals surface area contributed by atoms with Gasteiger partial charge in [-0.2, -0.15) is 13.2 Å². The van der Waals surface area contributed by atoms with Crippen LogP contribution < -0.4 is 4.74 Å². The molecule has 20 heavy (non-hydrogen) atoms. The van der Waals surface area contributed by atoms with Crippen molar-refractivity contribution in [3.05, 3.63) is 53.5 Å². The Balaban J connectivity index is 2.30. The van der Waals surface area contributed by atoms with Crippen molar-refractivity contribution in [1.29, 1.82) is 0 Å².